The van der Waals surface area contributed by atoms with Gasteiger partial charge >= 0.3 is 5.97 Å². The topological polar surface area (TPSA) is 57.5 Å². The third-order valence-corrected chi connectivity index (χ3v) is 4.22. The van der Waals surface area contributed by atoms with Crippen LogP contribution in [0.5, 0.6) is 11.5 Å². The number of hydrogen-bond donors (Lipinski definition) is 0. The molecule has 0 N–H and O–H groups in total. The summed E-state index contributed by atoms with van der Waals surface area (Å²) in [7, 11) is 1.31. The lowest BCUT2D eigenvalue weighted by Gasteiger charge is -2.08. The Balaban J connectivity index is 2.26. The molecule has 0 saturated heterocycles. The zero-order valence-electron chi connectivity index (χ0n) is 15.0. The molecule has 0 atom stereocenters. The Morgan fingerprint density at radius 2 is 1.78 bits per heavy atom. The number of halogens is 2. The number of methoxy groups -OCH3 is 1. The Morgan fingerprint density at radius 3 is 2.37 bits per heavy atom. The average Bonchev–Trinajstić information content (AvgIpc) is 2.91. The second-order valence-corrected chi connectivity index (χ2v) is 5.89. The molecule has 2 aromatic carbocycles. The number of nitrogens with zero attached hydrogens (tertiary/aromatic N) is 1. The summed E-state index contributed by atoms with van der Waals surface area (Å²) in [4.78, 5) is 24.8. The minimum Gasteiger partial charge on any atom is -0.494 e. The van der Waals surface area contributed by atoms with E-state index in [4.69, 9.17) is 9.47 Å². The van der Waals surface area contributed by atoms with Crippen LogP contribution in [0.15, 0.2) is 36.4 Å². The molecular formula is C20H17F2NO4. The fourth-order valence-corrected chi connectivity index (χ4v) is 2.84. The SMILES string of the molecule is CCC(=O)Oc1c(C)n(C(=O)c2ccc(F)cc2)c2cc(F)c(OC)cc12. The van der Waals surface area contributed by atoms with Crippen molar-refractivity contribution in [3.8, 4) is 11.5 Å². The predicted octanol–water partition coefficient (Wildman–Crippen LogP) is 4.24. The second kappa shape index (κ2) is 7.19. The predicted molar refractivity (Wildman–Crippen MR) is 95.2 cm³/mol. The van der Waals surface area contributed by atoms with Crippen LogP contribution in [0.2, 0.25) is 0 Å². The van der Waals surface area contributed by atoms with E-state index in [1.807, 2.05) is 0 Å². The molecule has 27 heavy (non-hydrogen) atoms. The summed E-state index contributed by atoms with van der Waals surface area (Å²) in [6.07, 6.45) is 0.135. The van der Waals surface area contributed by atoms with Gasteiger partial charge in [0.25, 0.3) is 5.91 Å². The van der Waals surface area contributed by atoms with E-state index >= 15 is 0 Å². The van der Waals surface area contributed by atoms with Crippen LogP contribution in [-0.4, -0.2) is 23.6 Å². The molecule has 0 unspecified atom stereocenters. The highest BCUT2D eigenvalue weighted by atomic mass is 19.1. The van der Waals surface area contributed by atoms with E-state index in [9.17, 15) is 18.4 Å². The second-order valence-electron chi connectivity index (χ2n) is 5.89. The van der Waals surface area contributed by atoms with Crippen LogP contribution in [0.4, 0.5) is 8.78 Å². The van der Waals surface area contributed by atoms with Gasteiger partial charge in [0.15, 0.2) is 17.3 Å². The Morgan fingerprint density at radius 1 is 1.11 bits per heavy atom. The number of carbonyl (C=O) groups is 2. The molecule has 1 heterocycles. The zero-order valence-corrected chi connectivity index (χ0v) is 15.0. The molecule has 0 aliphatic heterocycles. The van der Waals surface area contributed by atoms with E-state index in [1.54, 1.807) is 13.8 Å². The van der Waals surface area contributed by atoms with Gasteiger partial charge < -0.3 is 9.47 Å². The summed E-state index contributed by atoms with van der Waals surface area (Å²) in [6.45, 7) is 3.23. The molecular weight excluding hydrogens is 356 g/mol. The van der Waals surface area contributed by atoms with Gasteiger partial charge in [0.2, 0.25) is 0 Å². The third kappa shape index (κ3) is 3.28. The summed E-state index contributed by atoms with van der Waals surface area (Å²) in [5, 5.41) is 0.364. The molecule has 0 aliphatic rings. The standard InChI is InChI=1S/C20H17F2NO4/c1-4-18(24)27-19-11(2)23(20(25)12-5-7-13(21)8-6-12)16-10-15(22)17(26-3)9-14(16)19/h5-10H,4H2,1-3H3. The first-order valence-corrected chi connectivity index (χ1v) is 8.26. The van der Waals surface area contributed by atoms with Gasteiger partial charge in [0.05, 0.1) is 18.3 Å². The molecule has 140 valence electrons. The van der Waals surface area contributed by atoms with Gasteiger partial charge in [-0.15, -0.1) is 0 Å². The highest BCUT2D eigenvalue weighted by molar-refractivity contribution is 6.05. The maximum atomic E-state index is 14.3. The Hall–Kier alpha value is -3.22. The first-order chi connectivity index (χ1) is 12.9. The van der Waals surface area contributed by atoms with Gasteiger partial charge in [-0.25, -0.2) is 8.78 Å². The van der Waals surface area contributed by atoms with Crippen LogP contribution < -0.4 is 9.47 Å². The lowest BCUT2D eigenvalue weighted by molar-refractivity contribution is -0.133. The summed E-state index contributed by atoms with van der Waals surface area (Å²) < 4.78 is 39.1. The van der Waals surface area contributed by atoms with Gasteiger partial charge in [0.1, 0.15) is 5.82 Å². The molecule has 0 radical (unpaired) electrons. The Labute approximate surface area is 154 Å². The van der Waals surface area contributed by atoms with E-state index in [0.29, 0.717) is 11.1 Å². The number of rotatable bonds is 4. The van der Waals surface area contributed by atoms with Gasteiger partial charge in [-0.2, -0.15) is 0 Å². The fraction of sp³-hybridized carbons (Fsp3) is 0.200. The molecule has 0 amide bonds. The molecule has 0 aliphatic carbocycles. The molecule has 3 rings (SSSR count). The first kappa shape index (κ1) is 18.6. The number of hydrogen-bond acceptors (Lipinski definition) is 4. The maximum Gasteiger partial charge on any atom is 0.310 e. The molecule has 0 spiro atoms. The van der Waals surface area contributed by atoms with Crippen LogP contribution in [0.1, 0.15) is 29.4 Å². The van der Waals surface area contributed by atoms with Crippen molar-refractivity contribution in [1.29, 1.82) is 0 Å². The van der Waals surface area contributed by atoms with Crippen LogP contribution in [0.25, 0.3) is 10.9 Å². The summed E-state index contributed by atoms with van der Waals surface area (Å²) in [5.41, 5.74) is 0.758. The molecule has 7 heteroatoms. The quantitative estimate of drug-likeness (QED) is 0.642. The largest absolute Gasteiger partial charge is 0.494 e. The number of esters is 1. The monoisotopic (exact) mass is 373 g/mol. The summed E-state index contributed by atoms with van der Waals surface area (Å²) in [6, 6.07) is 7.52. The highest BCUT2D eigenvalue weighted by Crippen LogP contribution is 2.37. The van der Waals surface area contributed by atoms with E-state index in [0.717, 1.165) is 18.2 Å². The molecule has 0 bridgehead atoms. The van der Waals surface area contributed by atoms with Crippen LogP contribution in [0.3, 0.4) is 0 Å². The van der Waals surface area contributed by atoms with Crippen LogP contribution in [0, 0.1) is 18.6 Å². The Bertz CT molecular complexity index is 1040. The minimum atomic E-state index is -0.663. The van der Waals surface area contributed by atoms with Crippen LogP contribution >= 0.6 is 0 Å². The number of ether oxygens (including phenoxy) is 2. The van der Waals surface area contributed by atoms with Crippen molar-refractivity contribution in [2.75, 3.05) is 7.11 Å². The van der Waals surface area contributed by atoms with Gasteiger partial charge in [-0.3, -0.25) is 14.2 Å². The first-order valence-electron chi connectivity index (χ1n) is 8.26. The number of benzene rings is 2. The van der Waals surface area contributed by atoms with E-state index in [1.165, 1.54) is 29.9 Å². The number of carbonyl (C=O) groups excluding carboxylic acids is 2. The fourth-order valence-electron chi connectivity index (χ4n) is 2.84. The van der Waals surface area contributed by atoms with Crippen LogP contribution in [-0.2, 0) is 4.79 Å². The van der Waals surface area contributed by atoms with Crippen molar-refractivity contribution in [2.45, 2.75) is 20.3 Å². The van der Waals surface area contributed by atoms with E-state index in [2.05, 4.69) is 0 Å². The van der Waals surface area contributed by atoms with E-state index < -0.39 is 23.5 Å². The van der Waals surface area contributed by atoms with Gasteiger partial charge in [-0.05, 0) is 37.3 Å². The van der Waals surface area contributed by atoms with Gasteiger partial charge in [0, 0.05) is 23.4 Å². The number of fused-ring (bicyclic) bond motifs is 1. The summed E-state index contributed by atoms with van der Waals surface area (Å²) in [5.74, 6) is -2.01. The molecule has 0 fully saturated rings. The smallest absolute Gasteiger partial charge is 0.310 e. The van der Waals surface area contributed by atoms with Crippen molar-refractivity contribution >= 4 is 22.8 Å². The maximum absolute atomic E-state index is 14.3. The zero-order chi connectivity index (χ0) is 19.7. The van der Waals surface area contributed by atoms with Crippen molar-refractivity contribution in [3.05, 3.63) is 59.3 Å². The van der Waals surface area contributed by atoms with Crippen molar-refractivity contribution in [1.82, 2.24) is 4.57 Å². The van der Waals surface area contributed by atoms with Crippen molar-refractivity contribution < 1.29 is 27.8 Å². The molecule has 1 aromatic heterocycles. The lowest BCUT2D eigenvalue weighted by Crippen LogP contribution is -2.14. The highest BCUT2D eigenvalue weighted by Gasteiger charge is 2.24. The molecule has 0 saturated carbocycles. The van der Waals surface area contributed by atoms with Gasteiger partial charge in [-0.1, -0.05) is 6.92 Å². The van der Waals surface area contributed by atoms with Crippen molar-refractivity contribution in [3.63, 3.8) is 0 Å². The Kier molecular flexibility index (Phi) is 4.94. The average molecular weight is 373 g/mol. The van der Waals surface area contributed by atoms with E-state index in [-0.39, 0.29) is 29.0 Å². The molecule has 3 aromatic rings. The normalized spacial score (nSPS) is 10.9. The summed E-state index contributed by atoms with van der Waals surface area (Å²) >= 11 is 0. The number of aromatic nitrogens is 1. The van der Waals surface area contributed by atoms with Crippen molar-refractivity contribution in [2.24, 2.45) is 0 Å². The third-order valence-electron chi connectivity index (χ3n) is 4.22. The molecule has 5 nitrogen and oxygen atoms in total. The lowest BCUT2D eigenvalue weighted by atomic mass is 10.2. The minimum absolute atomic E-state index is 0.0392.